The molecule has 2 aliphatic carbocycles. The summed E-state index contributed by atoms with van der Waals surface area (Å²) in [7, 11) is 0. The van der Waals surface area contributed by atoms with Gasteiger partial charge in [-0.25, -0.2) is 0 Å². The monoisotopic (exact) mass is 126 g/mol. The quantitative estimate of drug-likeness (QED) is 0.523. The fourth-order valence-corrected chi connectivity index (χ4v) is 2.03. The van der Waals surface area contributed by atoms with Gasteiger partial charge in [0.15, 0.2) is 0 Å². The second kappa shape index (κ2) is 1.72. The highest BCUT2D eigenvalue weighted by Gasteiger charge is 2.49. The van der Waals surface area contributed by atoms with Gasteiger partial charge in [-0.2, -0.15) is 0 Å². The Hall–Kier alpha value is -0.0400. The van der Waals surface area contributed by atoms with Gasteiger partial charge >= 0.3 is 0 Å². The van der Waals surface area contributed by atoms with Crippen molar-refractivity contribution in [2.75, 3.05) is 0 Å². The molecule has 0 aromatic heterocycles. The molecular formula is C8H14O. The lowest BCUT2D eigenvalue weighted by molar-refractivity contribution is 0.0546. The summed E-state index contributed by atoms with van der Waals surface area (Å²) >= 11 is 0. The molecule has 2 rings (SSSR count). The van der Waals surface area contributed by atoms with Crippen LogP contribution in [0.1, 0.15) is 38.5 Å². The lowest BCUT2D eigenvalue weighted by Gasteiger charge is -2.26. The zero-order valence-electron chi connectivity index (χ0n) is 5.77. The Kier molecular flexibility index (Phi) is 1.10. The predicted molar refractivity (Wildman–Crippen MR) is 36.1 cm³/mol. The Morgan fingerprint density at radius 1 is 1.11 bits per heavy atom. The summed E-state index contributed by atoms with van der Waals surface area (Å²) in [5.41, 5.74) is 0.443. The van der Waals surface area contributed by atoms with E-state index in [0.717, 1.165) is 6.42 Å². The molecule has 0 heterocycles. The highest BCUT2D eigenvalue weighted by atomic mass is 16.3. The number of aliphatic hydroxyl groups is 1. The van der Waals surface area contributed by atoms with Crippen LogP contribution in [-0.4, -0.2) is 11.2 Å². The van der Waals surface area contributed by atoms with Crippen LogP contribution in [0.4, 0.5) is 0 Å². The molecule has 0 radical (unpaired) electrons. The van der Waals surface area contributed by atoms with Crippen molar-refractivity contribution in [2.45, 2.75) is 44.6 Å². The normalized spacial score (nSPS) is 39.0. The van der Waals surface area contributed by atoms with Crippen molar-refractivity contribution >= 4 is 0 Å². The van der Waals surface area contributed by atoms with E-state index in [0.29, 0.717) is 5.41 Å². The van der Waals surface area contributed by atoms with Crippen molar-refractivity contribution in [3.63, 3.8) is 0 Å². The molecule has 0 amide bonds. The van der Waals surface area contributed by atoms with E-state index in [4.69, 9.17) is 0 Å². The summed E-state index contributed by atoms with van der Waals surface area (Å²) in [4.78, 5) is 0. The Labute approximate surface area is 56.1 Å². The van der Waals surface area contributed by atoms with Crippen LogP contribution in [0.15, 0.2) is 0 Å². The Morgan fingerprint density at radius 3 is 2.33 bits per heavy atom. The Balaban J connectivity index is 2.03. The minimum atomic E-state index is 0.0613. The number of hydrogen-bond donors (Lipinski definition) is 1. The maximum absolute atomic E-state index is 9.50. The highest BCUT2D eigenvalue weighted by molar-refractivity contribution is 5.00. The van der Waals surface area contributed by atoms with Crippen LogP contribution < -0.4 is 0 Å². The number of rotatable bonds is 0. The fourth-order valence-electron chi connectivity index (χ4n) is 2.03. The molecule has 1 nitrogen and oxygen atoms in total. The van der Waals surface area contributed by atoms with Crippen molar-refractivity contribution < 1.29 is 5.11 Å². The third kappa shape index (κ3) is 0.787. The van der Waals surface area contributed by atoms with E-state index in [2.05, 4.69) is 0 Å². The zero-order chi connectivity index (χ0) is 6.32. The van der Waals surface area contributed by atoms with Gasteiger partial charge in [0.2, 0.25) is 0 Å². The molecule has 1 heteroatoms. The van der Waals surface area contributed by atoms with Crippen LogP contribution in [0, 0.1) is 5.41 Å². The van der Waals surface area contributed by atoms with Crippen LogP contribution in [0.5, 0.6) is 0 Å². The summed E-state index contributed by atoms with van der Waals surface area (Å²) in [5.74, 6) is 0. The van der Waals surface area contributed by atoms with Crippen LogP contribution in [0.3, 0.4) is 0 Å². The minimum absolute atomic E-state index is 0.0613. The summed E-state index contributed by atoms with van der Waals surface area (Å²) < 4.78 is 0. The molecule has 0 aromatic rings. The van der Waals surface area contributed by atoms with E-state index in [1.54, 1.807) is 0 Å². The summed E-state index contributed by atoms with van der Waals surface area (Å²) in [6.07, 6.45) is 7.64. The Bertz CT molecular complexity index is 116. The Morgan fingerprint density at radius 2 is 1.89 bits per heavy atom. The van der Waals surface area contributed by atoms with Gasteiger partial charge in [0.05, 0.1) is 6.10 Å². The SMILES string of the molecule is OC1CCCCC12CC2. The standard InChI is InChI=1S/C8H14O/c9-7-3-1-2-4-8(7)5-6-8/h7,9H,1-6H2. The van der Waals surface area contributed by atoms with E-state index in [-0.39, 0.29) is 6.10 Å². The van der Waals surface area contributed by atoms with Crippen molar-refractivity contribution in [1.29, 1.82) is 0 Å². The topological polar surface area (TPSA) is 20.2 Å². The predicted octanol–water partition coefficient (Wildman–Crippen LogP) is 1.70. The molecule has 9 heavy (non-hydrogen) atoms. The molecule has 1 unspecified atom stereocenters. The fraction of sp³-hybridized carbons (Fsp3) is 1.00. The molecule has 2 aliphatic rings. The first-order valence-electron chi connectivity index (χ1n) is 4.02. The third-order valence-corrected chi connectivity index (χ3v) is 3.00. The molecule has 1 N–H and O–H groups in total. The number of hydrogen-bond acceptors (Lipinski definition) is 1. The van der Waals surface area contributed by atoms with Gasteiger partial charge in [-0.05, 0) is 31.1 Å². The molecule has 2 fully saturated rings. The summed E-state index contributed by atoms with van der Waals surface area (Å²) in [6, 6.07) is 0. The van der Waals surface area contributed by atoms with Gasteiger partial charge in [-0.15, -0.1) is 0 Å². The summed E-state index contributed by atoms with van der Waals surface area (Å²) in [5, 5.41) is 9.50. The maximum Gasteiger partial charge on any atom is 0.0596 e. The van der Waals surface area contributed by atoms with Crippen LogP contribution >= 0.6 is 0 Å². The molecule has 0 saturated heterocycles. The van der Waals surface area contributed by atoms with Gasteiger partial charge in [0, 0.05) is 0 Å². The molecule has 1 spiro atoms. The molecule has 52 valence electrons. The van der Waals surface area contributed by atoms with Gasteiger partial charge in [0.25, 0.3) is 0 Å². The first-order chi connectivity index (χ1) is 4.33. The van der Waals surface area contributed by atoms with E-state index >= 15 is 0 Å². The first-order valence-corrected chi connectivity index (χ1v) is 4.02. The molecule has 0 bridgehead atoms. The van der Waals surface area contributed by atoms with Gasteiger partial charge in [-0.1, -0.05) is 12.8 Å². The molecule has 0 aliphatic heterocycles. The minimum Gasteiger partial charge on any atom is -0.393 e. The molecule has 0 aromatic carbocycles. The van der Waals surface area contributed by atoms with E-state index < -0.39 is 0 Å². The maximum atomic E-state index is 9.50. The largest absolute Gasteiger partial charge is 0.393 e. The molecular weight excluding hydrogens is 112 g/mol. The second-order valence-electron chi connectivity index (χ2n) is 3.62. The zero-order valence-corrected chi connectivity index (χ0v) is 5.77. The summed E-state index contributed by atoms with van der Waals surface area (Å²) in [6.45, 7) is 0. The van der Waals surface area contributed by atoms with E-state index in [1.807, 2.05) is 0 Å². The lowest BCUT2D eigenvalue weighted by Crippen LogP contribution is -2.25. The van der Waals surface area contributed by atoms with Gasteiger partial charge < -0.3 is 5.11 Å². The average Bonchev–Trinajstić information content (AvgIpc) is 2.60. The van der Waals surface area contributed by atoms with Crippen LogP contribution in [-0.2, 0) is 0 Å². The van der Waals surface area contributed by atoms with Gasteiger partial charge in [0.1, 0.15) is 0 Å². The second-order valence-corrected chi connectivity index (χ2v) is 3.62. The van der Waals surface area contributed by atoms with Crippen molar-refractivity contribution in [2.24, 2.45) is 5.41 Å². The van der Waals surface area contributed by atoms with E-state index in [9.17, 15) is 5.11 Å². The number of aliphatic hydroxyl groups excluding tert-OH is 1. The molecule has 1 atom stereocenters. The van der Waals surface area contributed by atoms with Crippen molar-refractivity contribution in [1.82, 2.24) is 0 Å². The average molecular weight is 126 g/mol. The van der Waals surface area contributed by atoms with Gasteiger partial charge in [-0.3, -0.25) is 0 Å². The first kappa shape index (κ1) is 5.72. The van der Waals surface area contributed by atoms with Crippen LogP contribution in [0.25, 0.3) is 0 Å². The lowest BCUT2D eigenvalue weighted by atomic mass is 9.84. The molecule has 2 saturated carbocycles. The van der Waals surface area contributed by atoms with E-state index in [1.165, 1.54) is 32.1 Å². The highest BCUT2D eigenvalue weighted by Crippen LogP contribution is 2.55. The third-order valence-electron chi connectivity index (χ3n) is 3.00. The van der Waals surface area contributed by atoms with Crippen molar-refractivity contribution in [3.05, 3.63) is 0 Å². The smallest absolute Gasteiger partial charge is 0.0596 e. The van der Waals surface area contributed by atoms with Crippen LogP contribution in [0.2, 0.25) is 0 Å². The van der Waals surface area contributed by atoms with Crippen molar-refractivity contribution in [3.8, 4) is 0 Å².